The Kier molecular flexibility index (Phi) is 2.76. The normalized spacial score (nSPS) is 16.8. The summed E-state index contributed by atoms with van der Waals surface area (Å²) >= 11 is 0. The largest absolute Gasteiger partial charge is 0.277 e. The molecule has 5 heteroatoms. The van der Waals surface area contributed by atoms with Crippen molar-refractivity contribution in [2.45, 2.75) is 38.0 Å². The number of nitrogens with one attached hydrogen (secondary N) is 2. The monoisotopic (exact) mass is 267 g/mol. The molecule has 5 nitrogen and oxygen atoms in total. The van der Waals surface area contributed by atoms with E-state index in [2.05, 4.69) is 25.4 Å². The molecule has 0 amide bonds. The van der Waals surface area contributed by atoms with Gasteiger partial charge in [0.05, 0.1) is 5.52 Å². The number of fused-ring (bicyclic) bond motifs is 1. The predicted molar refractivity (Wildman–Crippen MR) is 77.3 cm³/mol. The lowest BCUT2D eigenvalue weighted by molar-refractivity contribution is 0.429. The molecular formula is C15H17N5. The number of para-hydroxylation sites is 1. The van der Waals surface area contributed by atoms with Crippen molar-refractivity contribution in [1.29, 1.82) is 0 Å². The van der Waals surface area contributed by atoms with Crippen LogP contribution in [-0.2, 0) is 0 Å². The van der Waals surface area contributed by atoms with E-state index in [0.29, 0.717) is 11.7 Å². The van der Waals surface area contributed by atoms with Crippen molar-refractivity contribution < 1.29 is 0 Å². The van der Waals surface area contributed by atoms with Crippen molar-refractivity contribution in [2.24, 2.45) is 0 Å². The number of aromatic amines is 2. The first kappa shape index (κ1) is 11.6. The molecule has 2 heterocycles. The molecule has 2 N–H and O–H groups in total. The summed E-state index contributed by atoms with van der Waals surface area (Å²) in [4.78, 5) is 4.68. The van der Waals surface area contributed by atoms with Crippen LogP contribution in [0.4, 0.5) is 0 Å². The molecule has 0 bridgehead atoms. The Balaban J connectivity index is 1.70. The lowest BCUT2D eigenvalue weighted by Crippen LogP contribution is -2.06. The summed E-state index contributed by atoms with van der Waals surface area (Å²) in [6.07, 6.45) is 6.38. The minimum Gasteiger partial charge on any atom is -0.277 e. The molecule has 4 rings (SSSR count). The fourth-order valence-corrected chi connectivity index (χ4v) is 3.07. The minimum atomic E-state index is 0.537. The standard InChI is InChI=1S/C15H17N5/c1-2-6-10(7-3-1)14-16-15(20-19-14)13-11-8-4-5-9-12(11)17-18-13/h4-5,8-10H,1-3,6-7H2,(H,17,18)(H,16,19,20). The molecular weight excluding hydrogens is 250 g/mol. The van der Waals surface area contributed by atoms with E-state index in [1.165, 1.54) is 32.1 Å². The highest BCUT2D eigenvalue weighted by atomic mass is 15.2. The van der Waals surface area contributed by atoms with Gasteiger partial charge < -0.3 is 0 Å². The Hall–Kier alpha value is -2.17. The Morgan fingerprint density at radius 1 is 0.950 bits per heavy atom. The zero-order chi connectivity index (χ0) is 13.4. The van der Waals surface area contributed by atoms with E-state index in [4.69, 9.17) is 0 Å². The zero-order valence-corrected chi connectivity index (χ0v) is 11.3. The Labute approximate surface area is 116 Å². The molecule has 0 saturated heterocycles. The summed E-state index contributed by atoms with van der Waals surface area (Å²) in [5.74, 6) is 2.25. The molecule has 0 spiro atoms. The third-order valence-electron chi connectivity index (χ3n) is 4.18. The molecule has 0 radical (unpaired) electrons. The highest BCUT2D eigenvalue weighted by molar-refractivity contribution is 5.90. The van der Waals surface area contributed by atoms with Gasteiger partial charge >= 0.3 is 0 Å². The van der Waals surface area contributed by atoms with Crippen LogP contribution in [0.15, 0.2) is 24.3 Å². The van der Waals surface area contributed by atoms with Crippen LogP contribution < -0.4 is 0 Å². The second-order valence-corrected chi connectivity index (χ2v) is 5.50. The molecule has 1 fully saturated rings. The van der Waals surface area contributed by atoms with Gasteiger partial charge in [0.25, 0.3) is 0 Å². The quantitative estimate of drug-likeness (QED) is 0.747. The van der Waals surface area contributed by atoms with Crippen LogP contribution in [0.5, 0.6) is 0 Å². The molecule has 1 aliphatic carbocycles. The van der Waals surface area contributed by atoms with E-state index in [0.717, 1.165) is 22.4 Å². The van der Waals surface area contributed by atoms with Gasteiger partial charge in [-0.3, -0.25) is 10.2 Å². The van der Waals surface area contributed by atoms with Crippen LogP contribution in [0.1, 0.15) is 43.8 Å². The van der Waals surface area contributed by atoms with Gasteiger partial charge in [-0.15, -0.1) is 0 Å². The van der Waals surface area contributed by atoms with E-state index in [9.17, 15) is 0 Å². The van der Waals surface area contributed by atoms with Gasteiger partial charge in [-0.2, -0.15) is 10.2 Å². The second-order valence-electron chi connectivity index (χ2n) is 5.50. The van der Waals surface area contributed by atoms with Crippen molar-refractivity contribution in [3.8, 4) is 11.5 Å². The Morgan fingerprint density at radius 2 is 1.80 bits per heavy atom. The first-order valence-electron chi connectivity index (χ1n) is 7.27. The maximum absolute atomic E-state index is 4.68. The third kappa shape index (κ3) is 1.90. The van der Waals surface area contributed by atoms with Crippen molar-refractivity contribution in [2.75, 3.05) is 0 Å². The van der Waals surface area contributed by atoms with Gasteiger partial charge in [-0.1, -0.05) is 37.5 Å². The zero-order valence-electron chi connectivity index (χ0n) is 11.3. The van der Waals surface area contributed by atoms with Crippen molar-refractivity contribution in [1.82, 2.24) is 25.4 Å². The molecule has 102 valence electrons. The average Bonchev–Trinajstić information content (AvgIpc) is 3.14. The Bertz CT molecular complexity index is 721. The van der Waals surface area contributed by atoms with Crippen molar-refractivity contribution in [3.63, 3.8) is 0 Å². The number of H-pyrrole nitrogens is 2. The van der Waals surface area contributed by atoms with E-state index < -0.39 is 0 Å². The molecule has 0 atom stereocenters. The van der Waals surface area contributed by atoms with Gasteiger partial charge in [0.1, 0.15) is 11.5 Å². The molecule has 1 aromatic carbocycles. The smallest absolute Gasteiger partial charge is 0.202 e. The molecule has 0 unspecified atom stereocenters. The first-order valence-corrected chi connectivity index (χ1v) is 7.27. The summed E-state index contributed by atoms with van der Waals surface area (Å²) in [5.41, 5.74) is 1.85. The number of aromatic nitrogens is 5. The summed E-state index contributed by atoms with van der Waals surface area (Å²) in [6.45, 7) is 0. The van der Waals surface area contributed by atoms with Gasteiger partial charge in [0.2, 0.25) is 5.82 Å². The maximum atomic E-state index is 4.68. The molecule has 0 aliphatic heterocycles. The highest BCUT2D eigenvalue weighted by Gasteiger charge is 2.20. The summed E-state index contributed by atoms with van der Waals surface area (Å²) in [6, 6.07) is 8.07. The molecule has 1 aliphatic rings. The third-order valence-corrected chi connectivity index (χ3v) is 4.18. The molecule has 2 aromatic heterocycles. The van der Waals surface area contributed by atoms with E-state index in [1.54, 1.807) is 0 Å². The SMILES string of the molecule is c1ccc2c(-c3n[nH]c(C4CCCCC4)n3)n[nH]c2c1. The van der Waals surface area contributed by atoms with Crippen molar-refractivity contribution >= 4 is 10.9 Å². The van der Waals surface area contributed by atoms with Crippen LogP contribution in [-0.4, -0.2) is 25.4 Å². The van der Waals surface area contributed by atoms with Crippen LogP contribution in [0.2, 0.25) is 0 Å². The maximum Gasteiger partial charge on any atom is 0.202 e. The summed E-state index contributed by atoms with van der Waals surface area (Å²) in [7, 11) is 0. The van der Waals surface area contributed by atoms with Crippen molar-refractivity contribution in [3.05, 3.63) is 30.1 Å². The summed E-state index contributed by atoms with van der Waals surface area (Å²) < 4.78 is 0. The fourth-order valence-electron chi connectivity index (χ4n) is 3.07. The number of hydrogen-bond donors (Lipinski definition) is 2. The van der Waals surface area contributed by atoms with E-state index in [1.807, 2.05) is 24.3 Å². The van der Waals surface area contributed by atoms with E-state index in [-0.39, 0.29) is 0 Å². The van der Waals surface area contributed by atoms with Crippen LogP contribution in [0, 0.1) is 0 Å². The van der Waals surface area contributed by atoms with E-state index >= 15 is 0 Å². The van der Waals surface area contributed by atoms with Crippen LogP contribution in [0.25, 0.3) is 22.4 Å². The number of hydrogen-bond acceptors (Lipinski definition) is 3. The molecule has 1 saturated carbocycles. The summed E-state index contributed by atoms with van der Waals surface area (Å²) in [5, 5.41) is 15.9. The molecule has 3 aromatic rings. The lowest BCUT2D eigenvalue weighted by atomic mass is 9.89. The topological polar surface area (TPSA) is 70.2 Å². The second kappa shape index (κ2) is 4.74. The van der Waals surface area contributed by atoms with Gasteiger partial charge in [0.15, 0.2) is 0 Å². The minimum absolute atomic E-state index is 0.537. The number of nitrogens with zero attached hydrogens (tertiary/aromatic N) is 3. The van der Waals surface area contributed by atoms with Gasteiger partial charge in [-0.25, -0.2) is 4.98 Å². The highest BCUT2D eigenvalue weighted by Crippen LogP contribution is 2.32. The van der Waals surface area contributed by atoms with Gasteiger partial charge in [-0.05, 0) is 18.9 Å². The number of rotatable bonds is 2. The Morgan fingerprint density at radius 3 is 2.70 bits per heavy atom. The lowest BCUT2D eigenvalue weighted by Gasteiger charge is -2.18. The first-order chi connectivity index (χ1) is 9.92. The average molecular weight is 267 g/mol. The van der Waals surface area contributed by atoms with Gasteiger partial charge in [0, 0.05) is 11.3 Å². The molecule has 20 heavy (non-hydrogen) atoms. The van der Waals surface area contributed by atoms with Crippen LogP contribution in [0.3, 0.4) is 0 Å². The van der Waals surface area contributed by atoms with Crippen LogP contribution >= 0.6 is 0 Å². The number of benzene rings is 1. The predicted octanol–water partition coefficient (Wildman–Crippen LogP) is 3.40. The fraction of sp³-hybridized carbons (Fsp3) is 0.400.